The fraction of sp³-hybridized carbons (Fsp3) is 0.0769. The Balaban J connectivity index is 2.50. The summed E-state index contributed by atoms with van der Waals surface area (Å²) in [6, 6.07) is 12.5. The minimum Gasteiger partial charge on any atom is -0.507 e. The van der Waals surface area contributed by atoms with Gasteiger partial charge in [0.05, 0.1) is 12.1 Å². The first kappa shape index (κ1) is 10.8. The largest absolute Gasteiger partial charge is 0.507 e. The molecule has 0 bridgehead atoms. The predicted octanol–water partition coefficient (Wildman–Crippen LogP) is 3.72. The Bertz CT molecular complexity index is 472. The second-order valence-corrected chi connectivity index (χ2v) is 3.77. The van der Waals surface area contributed by atoms with E-state index in [2.05, 4.69) is 0 Å². The molecule has 0 aliphatic carbocycles. The van der Waals surface area contributed by atoms with Gasteiger partial charge in [0, 0.05) is 5.56 Å². The Kier molecular flexibility index (Phi) is 3.02. The van der Waals surface area contributed by atoms with Crippen molar-refractivity contribution in [1.82, 2.24) is 0 Å². The number of methoxy groups -OCH3 is 1. The van der Waals surface area contributed by atoms with E-state index >= 15 is 0 Å². The molecule has 2 aromatic carbocycles. The zero-order valence-electron chi connectivity index (χ0n) is 8.77. The van der Waals surface area contributed by atoms with Gasteiger partial charge in [-0.2, -0.15) is 0 Å². The Morgan fingerprint density at radius 1 is 1.06 bits per heavy atom. The lowest BCUT2D eigenvalue weighted by atomic mass is 10.0. The van der Waals surface area contributed by atoms with Crippen molar-refractivity contribution >= 4 is 11.6 Å². The molecule has 2 rings (SSSR count). The van der Waals surface area contributed by atoms with Gasteiger partial charge in [0.15, 0.2) is 0 Å². The maximum absolute atomic E-state index is 9.76. The van der Waals surface area contributed by atoms with Crippen molar-refractivity contribution in [2.24, 2.45) is 0 Å². The van der Waals surface area contributed by atoms with Gasteiger partial charge < -0.3 is 9.84 Å². The third-order valence-electron chi connectivity index (χ3n) is 2.37. The van der Waals surface area contributed by atoms with Crippen molar-refractivity contribution in [2.75, 3.05) is 7.11 Å². The van der Waals surface area contributed by atoms with Crippen molar-refractivity contribution in [3.8, 4) is 22.6 Å². The maximum atomic E-state index is 9.76. The lowest BCUT2D eigenvalue weighted by molar-refractivity contribution is 0.415. The van der Waals surface area contributed by atoms with Crippen molar-refractivity contribution in [3.05, 3.63) is 47.5 Å². The molecule has 0 saturated carbocycles. The smallest absolute Gasteiger partial charge is 0.124 e. The highest BCUT2D eigenvalue weighted by Gasteiger charge is 2.08. The normalized spacial score (nSPS) is 10.1. The molecule has 0 radical (unpaired) electrons. The van der Waals surface area contributed by atoms with Crippen LogP contribution in [-0.2, 0) is 0 Å². The number of halogens is 1. The number of aromatic hydroxyl groups is 1. The monoisotopic (exact) mass is 234 g/mol. The van der Waals surface area contributed by atoms with Gasteiger partial charge in [-0.1, -0.05) is 29.8 Å². The van der Waals surface area contributed by atoms with E-state index in [0.717, 1.165) is 11.3 Å². The first-order valence-electron chi connectivity index (χ1n) is 4.84. The Morgan fingerprint density at radius 2 is 1.75 bits per heavy atom. The highest BCUT2D eigenvalue weighted by Crippen LogP contribution is 2.36. The standard InChI is InChI=1S/C13H11ClO2/c1-16-10-7-5-9(6-8-10)13-11(14)3-2-4-12(13)15/h2-8,15H,1H3. The molecule has 0 spiro atoms. The average Bonchev–Trinajstić information content (AvgIpc) is 2.30. The van der Waals surface area contributed by atoms with E-state index in [4.69, 9.17) is 16.3 Å². The van der Waals surface area contributed by atoms with Crippen molar-refractivity contribution in [1.29, 1.82) is 0 Å². The lowest BCUT2D eigenvalue weighted by Gasteiger charge is -2.07. The highest BCUT2D eigenvalue weighted by molar-refractivity contribution is 6.33. The number of phenolic OH excluding ortho intramolecular Hbond substituents is 1. The van der Waals surface area contributed by atoms with E-state index in [1.54, 1.807) is 25.3 Å². The topological polar surface area (TPSA) is 29.5 Å². The van der Waals surface area contributed by atoms with Gasteiger partial charge in [-0.05, 0) is 29.8 Å². The molecule has 0 atom stereocenters. The summed E-state index contributed by atoms with van der Waals surface area (Å²) < 4.78 is 5.07. The summed E-state index contributed by atoms with van der Waals surface area (Å²) in [4.78, 5) is 0. The van der Waals surface area contributed by atoms with Crippen LogP contribution in [-0.4, -0.2) is 12.2 Å². The molecule has 0 amide bonds. The summed E-state index contributed by atoms with van der Waals surface area (Å²) in [5, 5.41) is 10.3. The van der Waals surface area contributed by atoms with Gasteiger partial charge in [-0.25, -0.2) is 0 Å². The van der Waals surface area contributed by atoms with Gasteiger partial charge in [0.25, 0.3) is 0 Å². The molecule has 3 heteroatoms. The van der Waals surface area contributed by atoms with Crippen molar-refractivity contribution in [3.63, 3.8) is 0 Å². The number of phenols is 1. The van der Waals surface area contributed by atoms with Gasteiger partial charge in [-0.15, -0.1) is 0 Å². The van der Waals surface area contributed by atoms with Crippen LogP contribution in [0.5, 0.6) is 11.5 Å². The quantitative estimate of drug-likeness (QED) is 0.858. The molecule has 2 aromatic rings. The van der Waals surface area contributed by atoms with E-state index in [1.807, 2.05) is 24.3 Å². The lowest BCUT2D eigenvalue weighted by Crippen LogP contribution is -1.84. The molecule has 0 aliphatic heterocycles. The first-order chi connectivity index (χ1) is 7.72. The third-order valence-corrected chi connectivity index (χ3v) is 2.69. The fourth-order valence-electron chi connectivity index (χ4n) is 1.56. The van der Waals surface area contributed by atoms with Crippen LogP contribution in [0.4, 0.5) is 0 Å². The number of hydrogen-bond acceptors (Lipinski definition) is 2. The second kappa shape index (κ2) is 4.45. The summed E-state index contributed by atoms with van der Waals surface area (Å²) >= 11 is 6.05. The van der Waals surface area contributed by atoms with Gasteiger partial charge in [-0.3, -0.25) is 0 Å². The van der Waals surface area contributed by atoms with Crippen LogP contribution in [0.2, 0.25) is 5.02 Å². The molecular weight excluding hydrogens is 224 g/mol. The number of ether oxygens (including phenoxy) is 1. The predicted molar refractivity (Wildman–Crippen MR) is 65.1 cm³/mol. The molecule has 0 aliphatic rings. The van der Waals surface area contributed by atoms with Crippen LogP contribution >= 0.6 is 11.6 Å². The SMILES string of the molecule is COc1ccc(-c2c(O)cccc2Cl)cc1. The van der Waals surface area contributed by atoms with Crippen LogP contribution in [0.15, 0.2) is 42.5 Å². The molecule has 2 nitrogen and oxygen atoms in total. The van der Waals surface area contributed by atoms with E-state index < -0.39 is 0 Å². The zero-order valence-corrected chi connectivity index (χ0v) is 9.53. The number of hydrogen-bond donors (Lipinski definition) is 1. The van der Waals surface area contributed by atoms with E-state index in [-0.39, 0.29) is 5.75 Å². The van der Waals surface area contributed by atoms with Gasteiger partial charge in [0.1, 0.15) is 11.5 Å². The van der Waals surface area contributed by atoms with E-state index in [9.17, 15) is 5.11 Å². The van der Waals surface area contributed by atoms with Crippen LogP contribution < -0.4 is 4.74 Å². The van der Waals surface area contributed by atoms with Crippen LogP contribution in [0, 0.1) is 0 Å². The molecule has 0 fully saturated rings. The fourth-order valence-corrected chi connectivity index (χ4v) is 1.83. The van der Waals surface area contributed by atoms with Crippen molar-refractivity contribution < 1.29 is 9.84 Å². The van der Waals surface area contributed by atoms with Gasteiger partial charge >= 0.3 is 0 Å². The molecule has 0 saturated heterocycles. The van der Waals surface area contributed by atoms with Crippen LogP contribution in [0.3, 0.4) is 0 Å². The Hall–Kier alpha value is -1.67. The molecule has 0 heterocycles. The second-order valence-electron chi connectivity index (χ2n) is 3.36. The van der Waals surface area contributed by atoms with E-state index in [0.29, 0.717) is 10.6 Å². The highest BCUT2D eigenvalue weighted by atomic mass is 35.5. The molecule has 16 heavy (non-hydrogen) atoms. The molecular formula is C13H11ClO2. The minimum atomic E-state index is 0.178. The van der Waals surface area contributed by atoms with Crippen LogP contribution in [0.1, 0.15) is 0 Å². The summed E-state index contributed by atoms with van der Waals surface area (Å²) in [7, 11) is 1.61. The van der Waals surface area contributed by atoms with E-state index in [1.165, 1.54) is 0 Å². The summed E-state index contributed by atoms with van der Waals surface area (Å²) in [5.74, 6) is 0.952. The average molecular weight is 235 g/mol. The first-order valence-corrected chi connectivity index (χ1v) is 5.22. The zero-order chi connectivity index (χ0) is 11.5. The molecule has 1 N–H and O–H groups in total. The molecule has 0 aromatic heterocycles. The summed E-state index contributed by atoms with van der Waals surface area (Å²) in [6.45, 7) is 0. The summed E-state index contributed by atoms with van der Waals surface area (Å²) in [6.07, 6.45) is 0. The number of benzene rings is 2. The third kappa shape index (κ3) is 1.97. The molecule has 0 unspecified atom stereocenters. The molecule has 82 valence electrons. The summed E-state index contributed by atoms with van der Waals surface area (Å²) in [5.41, 5.74) is 1.51. The maximum Gasteiger partial charge on any atom is 0.124 e. The minimum absolute atomic E-state index is 0.178. The van der Waals surface area contributed by atoms with Crippen molar-refractivity contribution in [2.45, 2.75) is 0 Å². The van der Waals surface area contributed by atoms with Gasteiger partial charge in [0.2, 0.25) is 0 Å². The van der Waals surface area contributed by atoms with Crippen LogP contribution in [0.25, 0.3) is 11.1 Å². The Labute approximate surface area is 99.1 Å². The number of rotatable bonds is 2. The Morgan fingerprint density at radius 3 is 2.31 bits per heavy atom.